The van der Waals surface area contributed by atoms with Crippen molar-refractivity contribution < 1.29 is 0 Å². The molecule has 0 bridgehead atoms. The first-order chi connectivity index (χ1) is 16.4. The minimum Gasteiger partial charge on any atom is -0.340 e. The number of aromatic nitrogens is 4. The molecular weight excluding hydrogens is 496 g/mol. The zero-order valence-corrected chi connectivity index (χ0v) is 20.9. The van der Waals surface area contributed by atoms with Gasteiger partial charge in [0.2, 0.25) is 5.95 Å². The SMILES string of the molecule is Cn1c(=O)c2c(nc(N3CCN(Cc4ccccc4)CC3)n2Cc2ccccc2Br)n(C)c1=O. The lowest BCUT2D eigenvalue weighted by Gasteiger charge is -2.35. The first-order valence-electron chi connectivity index (χ1n) is 11.3. The first kappa shape index (κ1) is 22.6. The van der Waals surface area contributed by atoms with Crippen molar-refractivity contribution in [3.63, 3.8) is 0 Å². The number of anilines is 1. The van der Waals surface area contributed by atoms with Gasteiger partial charge in [0, 0.05) is 51.3 Å². The second kappa shape index (κ2) is 9.23. The Morgan fingerprint density at radius 3 is 2.24 bits per heavy atom. The third-order valence-corrected chi connectivity index (χ3v) is 7.29. The van der Waals surface area contributed by atoms with Gasteiger partial charge in [0.05, 0.1) is 6.54 Å². The Morgan fingerprint density at radius 2 is 1.53 bits per heavy atom. The van der Waals surface area contributed by atoms with Crippen LogP contribution in [0.4, 0.5) is 5.95 Å². The standard InChI is InChI=1S/C25H27BrN6O2/c1-28-22-21(23(33)29(2)25(28)34)32(17-19-10-6-7-11-20(19)26)24(27-22)31-14-12-30(13-15-31)16-18-8-4-3-5-9-18/h3-11H,12-17H2,1-2H3. The predicted molar refractivity (Wildman–Crippen MR) is 137 cm³/mol. The molecule has 1 fully saturated rings. The summed E-state index contributed by atoms with van der Waals surface area (Å²) in [5.41, 5.74) is 2.51. The van der Waals surface area contributed by atoms with Crippen LogP contribution in [0.5, 0.6) is 0 Å². The van der Waals surface area contributed by atoms with Crippen LogP contribution in [0.15, 0.2) is 68.7 Å². The monoisotopic (exact) mass is 522 g/mol. The van der Waals surface area contributed by atoms with Crippen LogP contribution in [-0.2, 0) is 27.2 Å². The lowest BCUT2D eigenvalue weighted by Crippen LogP contribution is -2.47. The van der Waals surface area contributed by atoms with Gasteiger partial charge in [-0.3, -0.25) is 23.4 Å². The molecule has 0 saturated carbocycles. The number of fused-ring (bicyclic) bond motifs is 1. The van der Waals surface area contributed by atoms with E-state index in [1.807, 2.05) is 34.9 Å². The van der Waals surface area contributed by atoms with Crippen molar-refractivity contribution in [1.29, 1.82) is 0 Å². The van der Waals surface area contributed by atoms with Crippen LogP contribution in [0, 0.1) is 0 Å². The van der Waals surface area contributed by atoms with Crippen LogP contribution in [0.2, 0.25) is 0 Å². The molecule has 0 unspecified atom stereocenters. The molecule has 2 aromatic heterocycles. The minimum atomic E-state index is -0.373. The highest BCUT2D eigenvalue weighted by Gasteiger charge is 2.26. The van der Waals surface area contributed by atoms with Gasteiger partial charge in [-0.15, -0.1) is 0 Å². The van der Waals surface area contributed by atoms with E-state index in [1.165, 1.54) is 17.2 Å². The van der Waals surface area contributed by atoms with Crippen molar-refractivity contribution in [3.8, 4) is 0 Å². The Balaban J connectivity index is 1.52. The fourth-order valence-corrected chi connectivity index (χ4v) is 4.98. The van der Waals surface area contributed by atoms with Crippen molar-refractivity contribution in [1.82, 2.24) is 23.6 Å². The Kier molecular flexibility index (Phi) is 6.14. The van der Waals surface area contributed by atoms with E-state index >= 15 is 0 Å². The summed E-state index contributed by atoms with van der Waals surface area (Å²) in [5, 5.41) is 0. The molecule has 1 saturated heterocycles. The maximum Gasteiger partial charge on any atom is 0.332 e. The summed E-state index contributed by atoms with van der Waals surface area (Å²) in [5.74, 6) is 0.725. The number of hydrogen-bond donors (Lipinski definition) is 0. The molecule has 0 atom stereocenters. The Bertz CT molecular complexity index is 1450. The van der Waals surface area contributed by atoms with E-state index in [2.05, 4.69) is 50.0 Å². The summed E-state index contributed by atoms with van der Waals surface area (Å²) < 4.78 is 5.55. The molecule has 2 aromatic carbocycles. The first-order valence-corrected chi connectivity index (χ1v) is 12.1. The number of halogens is 1. The van der Waals surface area contributed by atoms with Gasteiger partial charge in [-0.2, -0.15) is 4.98 Å². The maximum absolute atomic E-state index is 13.2. The molecule has 5 rings (SSSR count). The van der Waals surface area contributed by atoms with Crippen LogP contribution in [0.3, 0.4) is 0 Å². The molecule has 0 radical (unpaired) electrons. The molecule has 0 aliphatic carbocycles. The quantitative estimate of drug-likeness (QED) is 0.403. The van der Waals surface area contributed by atoms with Gasteiger partial charge >= 0.3 is 5.69 Å². The number of piperazine rings is 1. The summed E-state index contributed by atoms with van der Waals surface area (Å²) in [6.45, 7) is 4.76. The highest BCUT2D eigenvalue weighted by atomic mass is 79.9. The Hall–Kier alpha value is -3.17. The summed E-state index contributed by atoms with van der Waals surface area (Å²) in [7, 11) is 3.18. The lowest BCUT2D eigenvalue weighted by molar-refractivity contribution is 0.248. The molecule has 176 valence electrons. The van der Waals surface area contributed by atoms with E-state index in [9.17, 15) is 9.59 Å². The van der Waals surface area contributed by atoms with Crippen molar-refractivity contribution in [2.24, 2.45) is 14.1 Å². The van der Waals surface area contributed by atoms with Crippen LogP contribution < -0.4 is 16.1 Å². The molecule has 1 aliphatic heterocycles. The second-order valence-corrected chi connectivity index (χ2v) is 9.57. The summed E-state index contributed by atoms with van der Waals surface area (Å²) in [4.78, 5) is 35.3. The van der Waals surface area contributed by atoms with E-state index in [0.29, 0.717) is 17.7 Å². The molecule has 3 heterocycles. The lowest BCUT2D eigenvalue weighted by atomic mass is 10.2. The molecule has 1 aliphatic rings. The number of aryl methyl sites for hydroxylation is 1. The Morgan fingerprint density at radius 1 is 0.853 bits per heavy atom. The number of rotatable bonds is 5. The fraction of sp³-hybridized carbons (Fsp3) is 0.320. The van der Waals surface area contributed by atoms with Crippen LogP contribution in [-0.4, -0.2) is 49.8 Å². The van der Waals surface area contributed by atoms with Crippen molar-refractivity contribution in [2.45, 2.75) is 13.1 Å². The van der Waals surface area contributed by atoms with E-state index in [-0.39, 0.29) is 11.2 Å². The average molecular weight is 523 g/mol. The van der Waals surface area contributed by atoms with Crippen molar-refractivity contribution >= 4 is 33.0 Å². The van der Waals surface area contributed by atoms with Crippen LogP contribution in [0.25, 0.3) is 11.2 Å². The van der Waals surface area contributed by atoms with E-state index in [0.717, 1.165) is 53.3 Å². The maximum atomic E-state index is 13.2. The zero-order valence-electron chi connectivity index (χ0n) is 19.3. The highest BCUT2D eigenvalue weighted by molar-refractivity contribution is 9.10. The van der Waals surface area contributed by atoms with Gasteiger partial charge in [0.15, 0.2) is 11.2 Å². The second-order valence-electron chi connectivity index (χ2n) is 8.72. The van der Waals surface area contributed by atoms with Gasteiger partial charge in [-0.25, -0.2) is 4.79 Å². The van der Waals surface area contributed by atoms with E-state index < -0.39 is 0 Å². The molecule has 8 nitrogen and oxygen atoms in total. The van der Waals surface area contributed by atoms with Crippen molar-refractivity contribution in [3.05, 3.63) is 91.0 Å². The number of imidazole rings is 1. The largest absolute Gasteiger partial charge is 0.340 e. The number of benzene rings is 2. The number of nitrogens with zero attached hydrogens (tertiary/aromatic N) is 6. The van der Waals surface area contributed by atoms with Gasteiger partial charge in [0.25, 0.3) is 5.56 Å². The van der Waals surface area contributed by atoms with Gasteiger partial charge in [-0.1, -0.05) is 64.5 Å². The molecular formula is C25H27BrN6O2. The normalized spacial score (nSPS) is 14.7. The molecule has 0 N–H and O–H groups in total. The van der Waals surface area contributed by atoms with Crippen molar-refractivity contribution in [2.75, 3.05) is 31.1 Å². The Labute approximate surface area is 205 Å². The van der Waals surface area contributed by atoms with E-state index in [4.69, 9.17) is 4.98 Å². The molecule has 34 heavy (non-hydrogen) atoms. The molecule has 4 aromatic rings. The molecule has 9 heteroatoms. The summed E-state index contributed by atoms with van der Waals surface area (Å²) in [6, 6.07) is 18.5. The summed E-state index contributed by atoms with van der Waals surface area (Å²) >= 11 is 3.63. The smallest absolute Gasteiger partial charge is 0.332 e. The molecule has 0 spiro atoms. The average Bonchev–Trinajstić information content (AvgIpc) is 3.23. The minimum absolute atomic E-state index is 0.327. The van der Waals surface area contributed by atoms with Crippen LogP contribution >= 0.6 is 15.9 Å². The van der Waals surface area contributed by atoms with Gasteiger partial charge in [0.1, 0.15) is 0 Å². The van der Waals surface area contributed by atoms with Gasteiger partial charge < -0.3 is 4.90 Å². The van der Waals surface area contributed by atoms with Crippen LogP contribution in [0.1, 0.15) is 11.1 Å². The highest BCUT2D eigenvalue weighted by Crippen LogP contribution is 2.25. The van der Waals surface area contributed by atoms with E-state index in [1.54, 1.807) is 7.05 Å². The predicted octanol–water partition coefficient (Wildman–Crippen LogP) is 2.57. The third kappa shape index (κ3) is 4.10. The topological polar surface area (TPSA) is 68.3 Å². The third-order valence-electron chi connectivity index (χ3n) is 6.52. The fourth-order valence-electron chi connectivity index (χ4n) is 4.57. The molecule has 0 amide bonds. The zero-order chi connectivity index (χ0) is 23.8. The number of hydrogen-bond acceptors (Lipinski definition) is 5. The summed E-state index contributed by atoms with van der Waals surface area (Å²) in [6.07, 6.45) is 0. The van der Waals surface area contributed by atoms with Gasteiger partial charge in [-0.05, 0) is 17.2 Å².